The van der Waals surface area contributed by atoms with Gasteiger partial charge < -0.3 is 19.5 Å². The van der Waals surface area contributed by atoms with Crippen molar-refractivity contribution in [3.8, 4) is 23.0 Å². The van der Waals surface area contributed by atoms with Gasteiger partial charge in [-0.05, 0) is 34.9 Å². The molecule has 0 aromatic heterocycles. The molecule has 0 spiro atoms. The molecule has 0 saturated carbocycles. The van der Waals surface area contributed by atoms with Gasteiger partial charge in [0.25, 0.3) is 0 Å². The van der Waals surface area contributed by atoms with Crippen molar-refractivity contribution in [1.29, 1.82) is 0 Å². The first-order chi connectivity index (χ1) is 16.3. The number of benzene rings is 3. The van der Waals surface area contributed by atoms with Crippen LogP contribution in [0.3, 0.4) is 0 Å². The van der Waals surface area contributed by atoms with Gasteiger partial charge in [-0.2, -0.15) is 13.2 Å². The number of rotatable bonds is 8. The van der Waals surface area contributed by atoms with Crippen LogP contribution in [0.15, 0.2) is 48.5 Å². The fourth-order valence-corrected chi connectivity index (χ4v) is 3.36. The molecule has 1 N–H and O–H groups in total. The number of halogens is 7. The highest BCUT2D eigenvalue weighted by atomic mass is 35.5. The molecule has 5 nitrogen and oxygen atoms in total. The van der Waals surface area contributed by atoms with Crippen LogP contribution in [-0.4, -0.2) is 31.6 Å². The Hall–Kier alpha value is -3.34. The number of hydrogen-bond donors (Lipinski definition) is 1. The summed E-state index contributed by atoms with van der Waals surface area (Å²) in [5.74, 6) is -2.09. The summed E-state index contributed by atoms with van der Waals surface area (Å²) in [5.41, 5.74) is 0.982. The minimum absolute atomic E-state index is 0.128. The molecule has 0 unspecified atom stereocenters. The van der Waals surface area contributed by atoms with Crippen LogP contribution in [0.5, 0.6) is 23.0 Å². The van der Waals surface area contributed by atoms with Crippen molar-refractivity contribution in [2.75, 3.05) is 13.2 Å². The second kappa shape index (κ2) is 10.5. The summed E-state index contributed by atoms with van der Waals surface area (Å²) in [5, 5.41) is 3.76. The van der Waals surface area contributed by atoms with E-state index in [1.165, 1.54) is 6.92 Å². The van der Waals surface area contributed by atoms with E-state index in [4.69, 9.17) is 16.3 Å². The molecule has 3 rings (SSSR count). The molecule has 3 aromatic carbocycles. The second-order valence-electron chi connectivity index (χ2n) is 7.36. The van der Waals surface area contributed by atoms with Gasteiger partial charge in [0.15, 0.2) is 18.1 Å². The van der Waals surface area contributed by atoms with E-state index in [9.17, 15) is 31.1 Å². The Balaban J connectivity index is 1.83. The van der Waals surface area contributed by atoms with Crippen LogP contribution in [0.2, 0.25) is 5.02 Å². The zero-order valence-corrected chi connectivity index (χ0v) is 18.8. The molecule has 1 amide bonds. The Morgan fingerprint density at radius 3 is 2.29 bits per heavy atom. The van der Waals surface area contributed by atoms with E-state index in [-0.39, 0.29) is 17.4 Å². The number of fused-ring (bicyclic) bond motifs is 1. The highest BCUT2D eigenvalue weighted by molar-refractivity contribution is 6.32. The summed E-state index contributed by atoms with van der Waals surface area (Å²) in [6.07, 6.45) is -9.39. The molecule has 0 aliphatic carbocycles. The van der Waals surface area contributed by atoms with Gasteiger partial charge in [-0.25, -0.2) is 0 Å². The normalized spacial score (nSPS) is 11.9. The second-order valence-corrected chi connectivity index (χ2v) is 7.77. The molecule has 0 heterocycles. The minimum atomic E-state index is -5.21. The first-order valence-electron chi connectivity index (χ1n) is 10.0. The van der Waals surface area contributed by atoms with Crippen LogP contribution in [0.4, 0.5) is 26.3 Å². The lowest BCUT2D eigenvalue weighted by Gasteiger charge is -2.18. The van der Waals surface area contributed by atoms with Gasteiger partial charge >= 0.3 is 12.5 Å². The van der Waals surface area contributed by atoms with Crippen LogP contribution in [0, 0.1) is 0 Å². The van der Waals surface area contributed by atoms with E-state index < -0.39 is 35.7 Å². The third-order valence-electron chi connectivity index (χ3n) is 4.49. The molecule has 0 saturated heterocycles. The lowest BCUT2D eigenvalue weighted by Crippen LogP contribution is -2.22. The van der Waals surface area contributed by atoms with Crippen molar-refractivity contribution >= 4 is 28.3 Å². The quantitative estimate of drug-likeness (QED) is 0.331. The number of ether oxygens (including phenoxy) is 3. The Morgan fingerprint density at radius 1 is 0.943 bits per heavy atom. The van der Waals surface area contributed by atoms with Crippen LogP contribution in [-0.2, 0) is 11.2 Å². The molecule has 0 aliphatic heterocycles. The predicted molar refractivity (Wildman–Crippen MR) is 116 cm³/mol. The van der Waals surface area contributed by atoms with Crippen LogP contribution >= 0.6 is 11.6 Å². The number of carbonyl (C=O) groups excluding carboxylic acids is 1. The van der Waals surface area contributed by atoms with Crippen molar-refractivity contribution in [2.45, 2.75) is 25.9 Å². The maximum Gasteiger partial charge on any atom is 0.573 e. The average molecular weight is 522 g/mol. The van der Waals surface area contributed by atoms with E-state index in [0.717, 1.165) is 28.5 Å². The zero-order valence-electron chi connectivity index (χ0n) is 18.0. The smallest absolute Gasteiger partial charge is 0.479 e. The molecule has 12 heteroatoms. The summed E-state index contributed by atoms with van der Waals surface area (Å²) in [6.45, 7) is 0.0445. The molecule has 0 atom stereocenters. The Labute approximate surface area is 200 Å². The summed E-state index contributed by atoms with van der Waals surface area (Å²) in [6, 6.07) is 12.2. The molecular formula is C23H18ClF6NO4. The monoisotopic (exact) mass is 521 g/mol. The van der Waals surface area contributed by atoms with Gasteiger partial charge in [0.1, 0.15) is 11.5 Å². The van der Waals surface area contributed by atoms with Gasteiger partial charge in [-0.3, -0.25) is 4.79 Å². The molecule has 0 bridgehead atoms. The van der Waals surface area contributed by atoms with E-state index in [0.29, 0.717) is 13.0 Å². The summed E-state index contributed by atoms with van der Waals surface area (Å²) in [7, 11) is 0. The molecule has 188 valence electrons. The van der Waals surface area contributed by atoms with Crippen molar-refractivity contribution in [3.63, 3.8) is 0 Å². The van der Waals surface area contributed by atoms with Crippen molar-refractivity contribution in [1.82, 2.24) is 5.32 Å². The lowest BCUT2D eigenvalue weighted by molar-refractivity contribution is -0.275. The SMILES string of the molecule is CC(=O)NCCc1ccc2cc(Oc3cc(Cl)c(OCC(F)(F)F)c(OC(F)(F)F)c3)ccc2c1. The number of carbonyl (C=O) groups is 1. The molecule has 0 radical (unpaired) electrons. The van der Waals surface area contributed by atoms with Gasteiger partial charge in [0, 0.05) is 25.6 Å². The number of hydrogen-bond acceptors (Lipinski definition) is 4. The topological polar surface area (TPSA) is 56.8 Å². The zero-order chi connectivity index (χ0) is 25.8. The summed E-state index contributed by atoms with van der Waals surface area (Å²) in [4.78, 5) is 11.0. The summed E-state index contributed by atoms with van der Waals surface area (Å²) >= 11 is 5.89. The van der Waals surface area contributed by atoms with Crippen molar-refractivity contribution in [2.24, 2.45) is 0 Å². The van der Waals surface area contributed by atoms with Gasteiger partial charge in [0.2, 0.25) is 5.91 Å². The van der Waals surface area contributed by atoms with Crippen LogP contribution in [0.25, 0.3) is 10.8 Å². The number of amides is 1. The van der Waals surface area contributed by atoms with Crippen molar-refractivity contribution in [3.05, 3.63) is 59.1 Å². The largest absolute Gasteiger partial charge is 0.573 e. The molecule has 0 fully saturated rings. The van der Waals surface area contributed by atoms with Gasteiger partial charge in [-0.15, -0.1) is 13.2 Å². The van der Waals surface area contributed by atoms with Crippen LogP contribution in [0.1, 0.15) is 12.5 Å². The molecular weight excluding hydrogens is 504 g/mol. The number of alkyl halides is 6. The third-order valence-corrected chi connectivity index (χ3v) is 4.77. The Morgan fingerprint density at radius 2 is 1.63 bits per heavy atom. The molecule has 3 aromatic rings. The maximum absolute atomic E-state index is 12.8. The maximum atomic E-state index is 12.8. The number of nitrogens with one attached hydrogen (secondary N) is 1. The third kappa shape index (κ3) is 8.13. The van der Waals surface area contributed by atoms with Gasteiger partial charge in [0.05, 0.1) is 5.02 Å². The van der Waals surface area contributed by atoms with E-state index in [1.54, 1.807) is 18.2 Å². The standard InChI is InChI=1S/C23H18ClF6NO4/c1-13(32)31-7-6-14-2-3-16-9-17(5-4-15(16)8-14)34-18-10-19(24)21(33-12-22(25,26)27)20(11-18)35-23(28,29)30/h2-5,8-11H,6-7,12H2,1H3,(H,31,32). The first-order valence-corrected chi connectivity index (χ1v) is 10.4. The fraction of sp³-hybridized carbons (Fsp3) is 0.261. The summed E-state index contributed by atoms with van der Waals surface area (Å²) < 4.78 is 89.7. The van der Waals surface area contributed by atoms with E-state index in [2.05, 4.69) is 14.8 Å². The Kier molecular flexibility index (Phi) is 7.89. The van der Waals surface area contributed by atoms with E-state index >= 15 is 0 Å². The highest BCUT2D eigenvalue weighted by Crippen LogP contribution is 2.43. The van der Waals surface area contributed by atoms with E-state index in [1.807, 2.05) is 18.2 Å². The predicted octanol–water partition coefficient (Wildman–Crippen LogP) is 6.80. The Bertz CT molecular complexity index is 1210. The molecule has 35 heavy (non-hydrogen) atoms. The minimum Gasteiger partial charge on any atom is -0.479 e. The van der Waals surface area contributed by atoms with Gasteiger partial charge in [-0.1, -0.05) is 35.9 Å². The fourth-order valence-electron chi connectivity index (χ4n) is 3.11. The first kappa shape index (κ1) is 26.3. The average Bonchev–Trinajstić information content (AvgIpc) is 2.71. The van der Waals surface area contributed by atoms with Crippen LogP contribution < -0.4 is 19.5 Å². The highest BCUT2D eigenvalue weighted by Gasteiger charge is 2.35. The van der Waals surface area contributed by atoms with Crippen molar-refractivity contribution < 1.29 is 45.3 Å². The molecule has 0 aliphatic rings. The lowest BCUT2D eigenvalue weighted by atomic mass is 10.0.